The van der Waals surface area contributed by atoms with E-state index in [4.69, 9.17) is 9.84 Å². The van der Waals surface area contributed by atoms with Gasteiger partial charge < -0.3 is 15.2 Å². The highest BCUT2D eigenvalue weighted by atomic mass is 16.5. The Morgan fingerprint density at radius 2 is 2.17 bits per heavy atom. The van der Waals surface area contributed by atoms with Crippen LogP contribution in [0.1, 0.15) is 24.1 Å². The number of pyridine rings is 1. The number of benzene rings is 1. The molecule has 122 valence electrons. The highest BCUT2D eigenvalue weighted by molar-refractivity contribution is 5.65. The molecule has 0 amide bonds. The molecule has 23 heavy (non-hydrogen) atoms. The molecule has 4 heteroatoms. The van der Waals surface area contributed by atoms with Crippen LogP contribution in [0.15, 0.2) is 36.5 Å². The molecule has 1 atom stereocenters. The van der Waals surface area contributed by atoms with Gasteiger partial charge in [-0.3, -0.25) is 4.98 Å². The normalized spacial score (nSPS) is 16.9. The lowest BCUT2D eigenvalue weighted by molar-refractivity contribution is 0.216. The van der Waals surface area contributed by atoms with Crippen molar-refractivity contribution in [2.45, 2.75) is 32.2 Å². The lowest BCUT2D eigenvalue weighted by Gasteiger charge is -2.27. The average molecular weight is 312 g/mol. The zero-order valence-electron chi connectivity index (χ0n) is 13.6. The molecule has 0 aliphatic carbocycles. The molecule has 2 N–H and O–H groups in total. The molecule has 1 saturated heterocycles. The van der Waals surface area contributed by atoms with Crippen molar-refractivity contribution in [1.29, 1.82) is 0 Å². The molecule has 0 spiro atoms. The van der Waals surface area contributed by atoms with Crippen LogP contribution in [0.5, 0.6) is 5.75 Å². The standard InChI is InChI=1S/C19H24N2O2/c1-14-19(23-13-18-7-8-20-18)11-17(12-21-14)16-6-2-4-15(10-16)5-3-9-22/h2,4,6,10-12,18,20,22H,3,5,7-9,13H2,1H3/t18-/m0/s1. The van der Waals surface area contributed by atoms with Crippen molar-refractivity contribution >= 4 is 0 Å². The summed E-state index contributed by atoms with van der Waals surface area (Å²) in [6, 6.07) is 11.0. The van der Waals surface area contributed by atoms with Gasteiger partial charge in [0.05, 0.1) is 5.69 Å². The maximum absolute atomic E-state index is 8.98. The number of hydrogen-bond donors (Lipinski definition) is 2. The molecule has 1 aliphatic rings. The highest BCUT2D eigenvalue weighted by Gasteiger charge is 2.17. The Bertz CT molecular complexity index is 654. The number of nitrogens with zero attached hydrogens (tertiary/aromatic N) is 1. The van der Waals surface area contributed by atoms with Crippen LogP contribution < -0.4 is 10.1 Å². The fourth-order valence-corrected chi connectivity index (χ4v) is 2.69. The van der Waals surface area contributed by atoms with Crippen LogP contribution in [-0.4, -0.2) is 35.9 Å². The van der Waals surface area contributed by atoms with Crippen molar-refractivity contribution in [3.05, 3.63) is 47.8 Å². The van der Waals surface area contributed by atoms with Gasteiger partial charge in [0.2, 0.25) is 0 Å². The third-order valence-corrected chi connectivity index (χ3v) is 4.29. The van der Waals surface area contributed by atoms with Crippen LogP contribution in [0.2, 0.25) is 0 Å². The first kappa shape index (κ1) is 16.0. The molecule has 1 aromatic carbocycles. The Morgan fingerprint density at radius 3 is 2.91 bits per heavy atom. The largest absolute Gasteiger partial charge is 0.490 e. The summed E-state index contributed by atoms with van der Waals surface area (Å²) in [4.78, 5) is 4.48. The van der Waals surface area contributed by atoms with E-state index in [1.165, 1.54) is 12.0 Å². The van der Waals surface area contributed by atoms with Gasteiger partial charge in [-0.25, -0.2) is 0 Å². The van der Waals surface area contributed by atoms with Crippen LogP contribution >= 0.6 is 0 Å². The molecule has 2 heterocycles. The Balaban J connectivity index is 1.76. The van der Waals surface area contributed by atoms with E-state index in [9.17, 15) is 0 Å². The number of aromatic nitrogens is 1. The van der Waals surface area contributed by atoms with Crippen LogP contribution in [0.3, 0.4) is 0 Å². The van der Waals surface area contributed by atoms with Gasteiger partial charge in [0.15, 0.2) is 0 Å². The second-order valence-electron chi connectivity index (χ2n) is 6.09. The summed E-state index contributed by atoms with van der Waals surface area (Å²) in [6.45, 7) is 3.99. The number of aliphatic hydroxyl groups excluding tert-OH is 1. The molecule has 0 radical (unpaired) electrons. The molecular weight excluding hydrogens is 288 g/mol. The van der Waals surface area contributed by atoms with E-state index in [2.05, 4.69) is 40.6 Å². The first-order valence-electron chi connectivity index (χ1n) is 8.29. The number of ether oxygens (including phenoxy) is 1. The van der Waals surface area contributed by atoms with Crippen LogP contribution in [0, 0.1) is 6.92 Å². The van der Waals surface area contributed by atoms with E-state index < -0.39 is 0 Å². The summed E-state index contributed by atoms with van der Waals surface area (Å²) in [5.41, 5.74) is 4.36. The predicted octanol–water partition coefficient (Wildman–Crippen LogP) is 2.72. The monoisotopic (exact) mass is 312 g/mol. The summed E-state index contributed by atoms with van der Waals surface area (Å²) in [5, 5.41) is 12.3. The molecule has 4 nitrogen and oxygen atoms in total. The molecule has 0 bridgehead atoms. The van der Waals surface area contributed by atoms with Crippen LogP contribution in [0.25, 0.3) is 11.1 Å². The van der Waals surface area contributed by atoms with E-state index in [0.717, 1.165) is 42.0 Å². The summed E-state index contributed by atoms with van der Waals surface area (Å²) in [7, 11) is 0. The first-order valence-corrected chi connectivity index (χ1v) is 8.29. The maximum atomic E-state index is 8.98. The van der Waals surface area contributed by atoms with Gasteiger partial charge in [0.1, 0.15) is 12.4 Å². The Hall–Kier alpha value is -1.91. The van der Waals surface area contributed by atoms with Crippen molar-refractivity contribution in [1.82, 2.24) is 10.3 Å². The zero-order valence-corrected chi connectivity index (χ0v) is 13.6. The predicted molar refractivity (Wildman–Crippen MR) is 91.7 cm³/mol. The number of aryl methyl sites for hydroxylation is 2. The van der Waals surface area contributed by atoms with Gasteiger partial charge in [-0.1, -0.05) is 24.3 Å². The van der Waals surface area contributed by atoms with Crippen molar-refractivity contribution in [3.8, 4) is 16.9 Å². The van der Waals surface area contributed by atoms with E-state index >= 15 is 0 Å². The average Bonchev–Trinajstić information content (AvgIpc) is 2.53. The first-order chi connectivity index (χ1) is 11.3. The fourth-order valence-electron chi connectivity index (χ4n) is 2.69. The smallest absolute Gasteiger partial charge is 0.141 e. The van der Waals surface area contributed by atoms with Crippen molar-refractivity contribution in [2.75, 3.05) is 19.8 Å². The van der Waals surface area contributed by atoms with Gasteiger partial charge >= 0.3 is 0 Å². The second kappa shape index (κ2) is 7.57. The van der Waals surface area contributed by atoms with Gasteiger partial charge in [-0.2, -0.15) is 0 Å². The summed E-state index contributed by atoms with van der Waals surface area (Å²) >= 11 is 0. The molecule has 1 fully saturated rings. The van der Waals surface area contributed by atoms with Gasteiger partial charge in [-0.05, 0) is 49.9 Å². The van der Waals surface area contributed by atoms with E-state index in [0.29, 0.717) is 12.6 Å². The van der Waals surface area contributed by atoms with Crippen LogP contribution in [0.4, 0.5) is 0 Å². The molecule has 2 aromatic rings. The van der Waals surface area contributed by atoms with Gasteiger partial charge in [0.25, 0.3) is 0 Å². The number of aliphatic hydroxyl groups is 1. The summed E-state index contributed by atoms with van der Waals surface area (Å²) in [5.74, 6) is 0.858. The molecule has 0 saturated carbocycles. The van der Waals surface area contributed by atoms with E-state index in [-0.39, 0.29) is 6.61 Å². The fraction of sp³-hybridized carbons (Fsp3) is 0.421. The quantitative estimate of drug-likeness (QED) is 0.825. The Morgan fingerprint density at radius 1 is 1.30 bits per heavy atom. The number of hydrogen-bond acceptors (Lipinski definition) is 4. The molecule has 1 aromatic heterocycles. The number of rotatable bonds is 7. The zero-order chi connectivity index (χ0) is 16.1. The Kier molecular flexibility index (Phi) is 5.26. The third kappa shape index (κ3) is 4.09. The third-order valence-electron chi connectivity index (χ3n) is 4.29. The summed E-state index contributed by atoms with van der Waals surface area (Å²) in [6.07, 6.45) is 4.76. The Labute approximate surface area is 137 Å². The summed E-state index contributed by atoms with van der Waals surface area (Å²) < 4.78 is 5.94. The van der Waals surface area contributed by atoms with Crippen molar-refractivity contribution < 1.29 is 9.84 Å². The minimum absolute atomic E-state index is 0.226. The van der Waals surface area contributed by atoms with Gasteiger partial charge in [-0.15, -0.1) is 0 Å². The van der Waals surface area contributed by atoms with Crippen LogP contribution in [-0.2, 0) is 6.42 Å². The van der Waals surface area contributed by atoms with Gasteiger partial charge in [0, 0.05) is 24.4 Å². The minimum Gasteiger partial charge on any atom is -0.490 e. The highest BCUT2D eigenvalue weighted by Crippen LogP contribution is 2.26. The van der Waals surface area contributed by atoms with E-state index in [1.54, 1.807) is 0 Å². The van der Waals surface area contributed by atoms with Crippen molar-refractivity contribution in [2.24, 2.45) is 0 Å². The van der Waals surface area contributed by atoms with E-state index in [1.807, 2.05) is 13.1 Å². The molecule has 3 rings (SSSR count). The maximum Gasteiger partial charge on any atom is 0.141 e. The topological polar surface area (TPSA) is 54.4 Å². The van der Waals surface area contributed by atoms with Crippen molar-refractivity contribution in [3.63, 3.8) is 0 Å². The molecule has 1 aliphatic heterocycles. The molecular formula is C19H24N2O2. The number of nitrogens with one attached hydrogen (secondary N) is 1. The minimum atomic E-state index is 0.226. The molecule has 0 unspecified atom stereocenters. The SMILES string of the molecule is Cc1ncc(-c2cccc(CCCO)c2)cc1OC[C@@H]1CCN1. The lowest BCUT2D eigenvalue weighted by atomic mass is 10.0. The lowest BCUT2D eigenvalue weighted by Crippen LogP contribution is -2.46. The second-order valence-corrected chi connectivity index (χ2v) is 6.09.